The van der Waals surface area contributed by atoms with Crippen molar-refractivity contribution in [2.75, 3.05) is 13.1 Å². The maximum absolute atomic E-state index is 13.7. The Labute approximate surface area is 216 Å². The highest BCUT2D eigenvalue weighted by Gasteiger charge is 2.39. The molecule has 2 aromatic carbocycles. The van der Waals surface area contributed by atoms with E-state index in [2.05, 4.69) is 32.7 Å². The van der Waals surface area contributed by atoms with Gasteiger partial charge in [-0.05, 0) is 30.9 Å². The molecule has 37 heavy (non-hydrogen) atoms. The number of carbonyl (C=O) groups is 3. The van der Waals surface area contributed by atoms with Crippen molar-refractivity contribution in [3.8, 4) is 0 Å². The normalized spacial score (nSPS) is 15.6. The summed E-state index contributed by atoms with van der Waals surface area (Å²) in [7, 11) is 0. The number of aromatic amines is 1. The van der Waals surface area contributed by atoms with Crippen molar-refractivity contribution in [2.24, 2.45) is 0 Å². The molecule has 9 nitrogen and oxygen atoms in total. The van der Waals surface area contributed by atoms with Crippen LogP contribution in [0.1, 0.15) is 49.0 Å². The van der Waals surface area contributed by atoms with Crippen LogP contribution in [-0.4, -0.2) is 57.0 Å². The molecule has 194 valence electrons. The molecule has 1 aliphatic rings. The number of H-pyrrole nitrogens is 1. The number of nitrogens with zero attached hydrogens (tertiary/aromatic N) is 2. The summed E-state index contributed by atoms with van der Waals surface area (Å²) in [6.07, 6.45) is 4.92. The third kappa shape index (κ3) is 6.35. The van der Waals surface area contributed by atoms with Crippen LogP contribution in [0.15, 0.2) is 73.2 Å². The SMILES string of the molecule is C[C@H](c1ccccc1)N(CC(=O)NCC1(c2ccccc2)CCC1)C(=O)[C@H](Cc1c[nH]cn1)NC(=O)O. The van der Waals surface area contributed by atoms with E-state index in [-0.39, 0.29) is 24.3 Å². The number of hydrogen-bond acceptors (Lipinski definition) is 4. The van der Waals surface area contributed by atoms with E-state index in [0.29, 0.717) is 12.2 Å². The van der Waals surface area contributed by atoms with Gasteiger partial charge in [-0.3, -0.25) is 9.59 Å². The molecule has 1 saturated carbocycles. The third-order valence-electron chi connectivity index (χ3n) is 7.23. The first-order valence-corrected chi connectivity index (χ1v) is 12.5. The van der Waals surface area contributed by atoms with E-state index >= 15 is 0 Å². The number of aromatic nitrogens is 2. The second-order valence-electron chi connectivity index (χ2n) is 9.60. The molecule has 0 aliphatic heterocycles. The highest BCUT2D eigenvalue weighted by molar-refractivity contribution is 5.90. The summed E-state index contributed by atoms with van der Waals surface area (Å²) in [4.78, 5) is 46.9. The molecule has 1 aromatic heterocycles. The second kappa shape index (κ2) is 11.7. The van der Waals surface area contributed by atoms with Crippen molar-refractivity contribution in [3.63, 3.8) is 0 Å². The van der Waals surface area contributed by atoms with Crippen LogP contribution in [0.4, 0.5) is 4.79 Å². The minimum Gasteiger partial charge on any atom is -0.465 e. The Morgan fingerprint density at radius 2 is 1.76 bits per heavy atom. The summed E-state index contributed by atoms with van der Waals surface area (Å²) in [6, 6.07) is 18.0. The van der Waals surface area contributed by atoms with Gasteiger partial charge in [0.1, 0.15) is 12.6 Å². The van der Waals surface area contributed by atoms with Crippen molar-refractivity contribution >= 4 is 17.9 Å². The average Bonchev–Trinajstić information content (AvgIpc) is 3.39. The summed E-state index contributed by atoms with van der Waals surface area (Å²) < 4.78 is 0. The average molecular weight is 504 g/mol. The highest BCUT2D eigenvalue weighted by Crippen LogP contribution is 2.43. The first kappa shape index (κ1) is 25.9. The van der Waals surface area contributed by atoms with Crippen LogP contribution in [0.3, 0.4) is 0 Å². The van der Waals surface area contributed by atoms with Crippen molar-refractivity contribution in [2.45, 2.75) is 50.1 Å². The largest absolute Gasteiger partial charge is 0.465 e. The van der Waals surface area contributed by atoms with Gasteiger partial charge in [0.25, 0.3) is 0 Å². The molecular formula is C28H33N5O4. The van der Waals surface area contributed by atoms with Gasteiger partial charge in [0.15, 0.2) is 0 Å². The first-order chi connectivity index (χ1) is 17.9. The molecule has 0 saturated heterocycles. The fourth-order valence-electron chi connectivity index (χ4n) is 4.92. The molecule has 2 atom stereocenters. The van der Waals surface area contributed by atoms with Gasteiger partial charge in [0.2, 0.25) is 11.8 Å². The molecule has 1 fully saturated rings. The van der Waals surface area contributed by atoms with E-state index in [0.717, 1.165) is 24.8 Å². The van der Waals surface area contributed by atoms with Crippen LogP contribution in [0.5, 0.6) is 0 Å². The summed E-state index contributed by atoms with van der Waals surface area (Å²) in [6.45, 7) is 2.13. The molecule has 4 N–H and O–H groups in total. The van der Waals surface area contributed by atoms with Gasteiger partial charge < -0.3 is 25.6 Å². The van der Waals surface area contributed by atoms with E-state index in [1.54, 1.807) is 6.20 Å². The molecule has 0 spiro atoms. The van der Waals surface area contributed by atoms with Crippen LogP contribution in [0.2, 0.25) is 0 Å². The van der Waals surface area contributed by atoms with Crippen LogP contribution < -0.4 is 10.6 Å². The minimum absolute atomic E-state index is 0.0609. The highest BCUT2D eigenvalue weighted by atomic mass is 16.4. The second-order valence-corrected chi connectivity index (χ2v) is 9.60. The van der Waals surface area contributed by atoms with E-state index in [1.807, 2.05) is 55.5 Å². The lowest BCUT2D eigenvalue weighted by molar-refractivity contribution is -0.140. The zero-order valence-electron chi connectivity index (χ0n) is 20.9. The van der Waals surface area contributed by atoms with Crippen LogP contribution in [0.25, 0.3) is 0 Å². The van der Waals surface area contributed by atoms with E-state index in [1.165, 1.54) is 16.8 Å². The monoisotopic (exact) mass is 503 g/mol. The summed E-state index contributed by atoms with van der Waals surface area (Å²) >= 11 is 0. The predicted octanol–water partition coefficient (Wildman–Crippen LogP) is 3.42. The molecule has 3 amide bonds. The standard InChI is InChI=1S/C28H33N5O4/c1-20(21-9-4-2-5-10-21)33(26(35)24(32-27(36)37)15-23-16-29-19-31-23)17-25(34)30-18-28(13-8-14-28)22-11-6-3-7-12-22/h2-7,9-12,16,19-20,24,32H,8,13-15,17-18H2,1H3,(H,29,31)(H,30,34)(H,36,37)/t20-,24+/m1/s1. The lowest BCUT2D eigenvalue weighted by atomic mass is 9.64. The Morgan fingerprint density at radius 3 is 2.32 bits per heavy atom. The summed E-state index contributed by atoms with van der Waals surface area (Å²) in [5.41, 5.74) is 2.50. The summed E-state index contributed by atoms with van der Waals surface area (Å²) in [5, 5.41) is 14.8. The molecule has 4 rings (SSSR count). The van der Waals surface area contributed by atoms with E-state index in [4.69, 9.17) is 0 Å². The fraction of sp³-hybridized carbons (Fsp3) is 0.357. The van der Waals surface area contributed by atoms with Crippen LogP contribution in [0, 0.1) is 0 Å². The van der Waals surface area contributed by atoms with Gasteiger partial charge in [-0.25, -0.2) is 9.78 Å². The van der Waals surface area contributed by atoms with Gasteiger partial charge in [0, 0.05) is 24.6 Å². The first-order valence-electron chi connectivity index (χ1n) is 12.5. The number of rotatable bonds is 11. The molecular weight excluding hydrogens is 470 g/mol. The van der Waals surface area contributed by atoms with E-state index in [9.17, 15) is 19.5 Å². The topological polar surface area (TPSA) is 127 Å². The number of amides is 3. The molecule has 3 aromatic rings. The lowest BCUT2D eigenvalue weighted by Gasteiger charge is -2.43. The fourth-order valence-corrected chi connectivity index (χ4v) is 4.92. The molecule has 1 heterocycles. The van der Waals surface area contributed by atoms with Crippen LogP contribution in [-0.2, 0) is 21.4 Å². The van der Waals surface area contributed by atoms with Gasteiger partial charge >= 0.3 is 6.09 Å². The molecule has 0 bridgehead atoms. The Kier molecular flexibility index (Phi) is 8.22. The molecule has 1 aliphatic carbocycles. The Bertz CT molecular complexity index is 1180. The number of nitrogens with one attached hydrogen (secondary N) is 3. The third-order valence-corrected chi connectivity index (χ3v) is 7.23. The van der Waals surface area contributed by atoms with Crippen molar-refractivity contribution in [1.82, 2.24) is 25.5 Å². The number of carbonyl (C=O) groups excluding carboxylic acids is 2. The number of hydrogen-bond donors (Lipinski definition) is 4. The van der Waals surface area contributed by atoms with Gasteiger partial charge in [-0.15, -0.1) is 0 Å². The number of imidazole rings is 1. The Morgan fingerprint density at radius 1 is 1.08 bits per heavy atom. The summed E-state index contributed by atoms with van der Waals surface area (Å²) in [5.74, 6) is -0.773. The Hall–Kier alpha value is -4.14. The lowest BCUT2D eigenvalue weighted by Crippen LogP contribution is -2.53. The number of carboxylic acid groups (broad SMARTS) is 1. The smallest absolute Gasteiger partial charge is 0.405 e. The predicted molar refractivity (Wildman–Crippen MR) is 139 cm³/mol. The maximum Gasteiger partial charge on any atom is 0.405 e. The van der Waals surface area contributed by atoms with Crippen LogP contribution >= 0.6 is 0 Å². The molecule has 9 heteroatoms. The van der Waals surface area contributed by atoms with Gasteiger partial charge in [-0.2, -0.15) is 0 Å². The van der Waals surface area contributed by atoms with Gasteiger partial charge in [-0.1, -0.05) is 67.1 Å². The zero-order valence-corrected chi connectivity index (χ0v) is 20.9. The van der Waals surface area contributed by atoms with E-state index < -0.39 is 24.1 Å². The van der Waals surface area contributed by atoms with Crippen molar-refractivity contribution in [3.05, 3.63) is 90.0 Å². The van der Waals surface area contributed by atoms with Gasteiger partial charge in [0.05, 0.1) is 18.1 Å². The zero-order chi connectivity index (χ0) is 26.3. The van der Waals surface area contributed by atoms with Crippen molar-refractivity contribution in [1.29, 1.82) is 0 Å². The quantitative estimate of drug-likeness (QED) is 0.319. The molecule has 0 radical (unpaired) electrons. The maximum atomic E-state index is 13.7. The number of benzene rings is 2. The minimum atomic E-state index is -1.32. The van der Waals surface area contributed by atoms with Crippen molar-refractivity contribution < 1.29 is 19.5 Å². The Balaban J connectivity index is 1.52. The molecule has 0 unspecified atom stereocenters.